The molecule has 0 N–H and O–H groups in total. The van der Waals surface area contributed by atoms with Crippen molar-refractivity contribution in [1.82, 2.24) is 0 Å². The first-order valence-corrected chi connectivity index (χ1v) is 5.51. The van der Waals surface area contributed by atoms with Crippen molar-refractivity contribution in [3.8, 4) is 6.07 Å². The van der Waals surface area contributed by atoms with Gasteiger partial charge in [0.05, 0.1) is 17.2 Å². The van der Waals surface area contributed by atoms with Crippen molar-refractivity contribution in [1.29, 1.82) is 5.26 Å². The summed E-state index contributed by atoms with van der Waals surface area (Å²) in [5, 5.41) is 8.65. The van der Waals surface area contributed by atoms with Gasteiger partial charge in [0, 0.05) is 0 Å². The van der Waals surface area contributed by atoms with Crippen LogP contribution in [0, 0.1) is 11.3 Å². The standard InChI is InChI=1S/C15H11NO2/c16-10-12-6-8-14(9-7-12)15(17)18-11-13-4-2-1-3-5-13/h1-9H,11H2. The third kappa shape index (κ3) is 2.96. The minimum atomic E-state index is -0.386. The number of hydrogen-bond donors (Lipinski definition) is 0. The molecule has 0 fully saturated rings. The van der Waals surface area contributed by atoms with Crippen LogP contribution in [0.5, 0.6) is 0 Å². The van der Waals surface area contributed by atoms with Gasteiger partial charge in [0.15, 0.2) is 0 Å². The van der Waals surface area contributed by atoms with Gasteiger partial charge < -0.3 is 4.74 Å². The molecule has 3 nitrogen and oxygen atoms in total. The van der Waals surface area contributed by atoms with E-state index in [1.54, 1.807) is 24.3 Å². The van der Waals surface area contributed by atoms with Crippen molar-refractivity contribution in [2.75, 3.05) is 0 Å². The smallest absolute Gasteiger partial charge is 0.338 e. The van der Waals surface area contributed by atoms with E-state index in [-0.39, 0.29) is 12.6 Å². The molecule has 0 radical (unpaired) electrons. The van der Waals surface area contributed by atoms with Crippen LogP contribution in [0.4, 0.5) is 0 Å². The maximum Gasteiger partial charge on any atom is 0.338 e. The lowest BCUT2D eigenvalue weighted by molar-refractivity contribution is 0.0472. The highest BCUT2D eigenvalue weighted by molar-refractivity contribution is 5.89. The third-order valence-corrected chi connectivity index (χ3v) is 2.46. The van der Waals surface area contributed by atoms with E-state index in [0.29, 0.717) is 11.1 Å². The summed E-state index contributed by atoms with van der Waals surface area (Å²) >= 11 is 0. The summed E-state index contributed by atoms with van der Waals surface area (Å²) < 4.78 is 5.17. The minimum Gasteiger partial charge on any atom is -0.457 e. The van der Waals surface area contributed by atoms with E-state index >= 15 is 0 Å². The zero-order valence-electron chi connectivity index (χ0n) is 9.67. The van der Waals surface area contributed by atoms with E-state index in [1.165, 1.54) is 0 Å². The molecule has 3 heteroatoms. The van der Waals surface area contributed by atoms with Crippen molar-refractivity contribution < 1.29 is 9.53 Å². The van der Waals surface area contributed by atoms with Crippen LogP contribution in [-0.4, -0.2) is 5.97 Å². The number of carbonyl (C=O) groups excluding carboxylic acids is 1. The number of benzene rings is 2. The summed E-state index contributed by atoms with van der Waals surface area (Å²) in [7, 11) is 0. The number of esters is 1. The first-order chi connectivity index (χ1) is 8.79. The molecule has 2 aromatic rings. The first-order valence-electron chi connectivity index (χ1n) is 5.51. The average Bonchev–Trinajstić information content (AvgIpc) is 2.46. The Morgan fingerprint density at radius 1 is 1.06 bits per heavy atom. The highest BCUT2D eigenvalue weighted by Gasteiger charge is 2.06. The Morgan fingerprint density at radius 2 is 1.72 bits per heavy atom. The Kier molecular flexibility index (Phi) is 3.72. The van der Waals surface area contributed by atoms with Gasteiger partial charge in [-0.2, -0.15) is 5.26 Å². The maximum absolute atomic E-state index is 11.7. The van der Waals surface area contributed by atoms with E-state index in [0.717, 1.165) is 5.56 Å². The SMILES string of the molecule is N#Cc1ccc(C(=O)OCc2ccccc2)cc1. The van der Waals surface area contributed by atoms with Crippen LogP contribution in [0.15, 0.2) is 54.6 Å². The Balaban J connectivity index is 1.98. The van der Waals surface area contributed by atoms with Crippen molar-refractivity contribution in [2.45, 2.75) is 6.61 Å². The van der Waals surface area contributed by atoms with E-state index < -0.39 is 0 Å². The lowest BCUT2D eigenvalue weighted by atomic mass is 10.1. The number of carbonyl (C=O) groups is 1. The van der Waals surface area contributed by atoms with E-state index in [9.17, 15) is 4.79 Å². The third-order valence-electron chi connectivity index (χ3n) is 2.46. The fourth-order valence-corrected chi connectivity index (χ4v) is 1.49. The molecule has 0 unspecified atom stereocenters. The normalized spacial score (nSPS) is 9.50. The highest BCUT2D eigenvalue weighted by Crippen LogP contribution is 2.07. The molecule has 0 aliphatic carbocycles. The molecule has 2 aromatic carbocycles. The second kappa shape index (κ2) is 5.65. The number of hydrogen-bond acceptors (Lipinski definition) is 3. The number of nitrogens with zero attached hydrogens (tertiary/aromatic N) is 1. The second-order valence-corrected chi connectivity index (χ2v) is 3.75. The monoisotopic (exact) mass is 237 g/mol. The van der Waals surface area contributed by atoms with Crippen LogP contribution in [0.1, 0.15) is 21.5 Å². The molecule has 18 heavy (non-hydrogen) atoms. The lowest BCUT2D eigenvalue weighted by Crippen LogP contribution is -2.05. The average molecular weight is 237 g/mol. The topological polar surface area (TPSA) is 50.1 Å². The van der Waals surface area contributed by atoms with E-state index in [2.05, 4.69) is 0 Å². The Hall–Kier alpha value is -2.60. The first kappa shape index (κ1) is 11.9. The summed E-state index contributed by atoms with van der Waals surface area (Å²) in [6.07, 6.45) is 0. The molecular weight excluding hydrogens is 226 g/mol. The van der Waals surface area contributed by atoms with E-state index in [4.69, 9.17) is 10.00 Å². The lowest BCUT2D eigenvalue weighted by Gasteiger charge is -2.04. The van der Waals surface area contributed by atoms with Gasteiger partial charge in [0.25, 0.3) is 0 Å². The predicted octanol–water partition coefficient (Wildman–Crippen LogP) is 2.92. The van der Waals surface area contributed by atoms with Gasteiger partial charge in [0.2, 0.25) is 0 Å². The number of rotatable bonds is 3. The summed E-state index contributed by atoms with van der Waals surface area (Å²) in [6, 6.07) is 17.9. The van der Waals surface area contributed by atoms with Crippen molar-refractivity contribution in [3.63, 3.8) is 0 Å². The Labute approximate surface area is 105 Å². The zero-order chi connectivity index (χ0) is 12.8. The van der Waals surface area contributed by atoms with Crippen LogP contribution in [0.3, 0.4) is 0 Å². The number of ether oxygens (including phenoxy) is 1. The van der Waals surface area contributed by atoms with E-state index in [1.807, 2.05) is 36.4 Å². The van der Waals surface area contributed by atoms with Gasteiger partial charge in [0.1, 0.15) is 6.61 Å². The molecule has 2 rings (SSSR count). The molecule has 88 valence electrons. The molecule has 0 heterocycles. The van der Waals surface area contributed by atoms with Gasteiger partial charge in [-0.3, -0.25) is 0 Å². The maximum atomic E-state index is 11.7. The molecule has 0 saturated carbocycles. The van der Waals surface area contributed by atoms with Crippen molar-refractivity contribution in [3.05, 3.63) is 71.3 Å². The minimum absolute atomic E-state index is 0.250. The van der Waals surface area contributed by atoms with Gasteiger partial charge in [-0.15, -0.1) is 0 Å². The van der Waals surface area contributed by atoms with Crippen LogP contribution in [0.25, 0.3) is 0 Å². The summed E-state index contributed by atoms with van der Waals surface area (Å²) in [5.41, 5.74) is 1.92. The molecule has 0 spiro atoms. The molecule has 0 aliphatic rings. The Morgan fingerprint density at radius 3 is 2.33 bits per heavy atom. The van der Waals surface area contributed by atoms with Crippen LogP contribution in [-0.2, 0) is 11.3 Å². The highest BCUT2D eigenvalue weighted by atomic mass is 16.5. The Bertz CT molecular complexity index is 568. The van der Waals surface area contributed by atoms with Gasteiger partial charge in [-0.1, -0.05) is 30.3 Å². The van der Waals surface area contributed by atoms with Gasteiger partial charge in [-0.05, 0) is 29.8 Å². The van der Waals surface area contributed by atoms with Gasteiger partial charge in [-0.25, -0.2) is 4.79 Å². The quantitative estimate of drug-likeness (QED) is 0.771. The van der Waals surface area contributed by atoms with Crippen molar-refractivity contribution in [2.24, 2.45) is 0 Å². The molecule has 0 bridgehead atoms. The number of nitriles is 1. The summed E-state index contributed by atoms with van der Waals surface area (Å²) in [5.74, 6) is -0.386. The molecule has 0 saturated heterocycles. The summed E-state index contributed by atoms with van der Waals surface area (Å²) in [6.45, 7) is 0.250. The zero-order valence-corrected chi connectivity index (χ0v) is 9.67. The van der Waals surface area contributed by atoms with Crippen LogP contribution >= 0.6 is 0 Å². The predicted molar refractivity (Wildman–Crippen MR) is 66.7 cm³/mol. The summed E-state index contributed by atoms with van der Waals surface area (Å²) in [4.78, 5) is 11.7. The molecule has 0 amide bonds. The van der Waals surface area contributed by atoms with Gasteiger partial charge >= 0.3 is 5.97 Å². The fourth-order valence-electron chi connectivity index (χ4n) is 1.49. The molecular formula is C15H11NO2. The largest absolute Gasteiger partial charge is 0.457 e. The fraction of sp³-hybridized carbons (Fsp3) is 0.0667. The molecule has 0 aromatic heterocycles. The second-order valence-electron chi connectivity index (χ2n) is 3.75. The van der Waals surface area contributed by atoms with Crippen LogP contribution < -0.4 is 0 Å². The molecule has 0 aliphatic heterocycles. The molecule has 0 atom stereocenters. The van der Waals surface area contributed by atoms with Crippen molar-refractivity contribution >= 4 is 5.97 Å². The van der Waals surface area contributed by atoms with Crippen LogP contribution in [0.2, 0.25) is 0 Å².